The van der Waals surface area contributed by atoms with Gasteiger partial charge in [-0.05, 0) is 6.32 Å². The Hall–Kier alpha value is 0.0849. The highest BCUT2D eigenvalue weighted by atomic mass is 31.0. The molecular weight excluding hydrogens is 124 g/mol. The van der Waals surface area contributed by atoms with E-state index in [4.69, 9.17) is 5.11 Å². The molecule has 5 heteroatoms. The Morgan fingerprint density at radius 1 is 2.00 bits per heavy atom. The maximum atomic E-state index is 10.4. The molecular formula is C3H9BNO2P. The number of hydrogen-bond donors (Lipinski definition) is 2. The van der Waals surface area contributed by atoms with Crippen molar-refractivity contribution in [3.05, 3.63) is 0 Å². The SMILES string of the molecule is BCC(=O)C(O)NP. The van der Waals surface area contributed by atoms with E-state index in [1.54, 1.807) is 7.85 Å². The summed E-state index contributed by atoms with van der Waals surface area (Å²) >= 11 is 0. The Kier molecular flexibility index (Phi) is 4.06. The van der Waals surface area contributed by atoms with Gasteiger partial charge in [0.05, 0.1) is 0 Å². The monoisotopic (exact) mass is 133 g/mol. The number of Topliss-reactive ketones (excluding diaryl/α,β-unsaturated/α-hetero) is 1. The van der Waals surface area contributed by atoms with E-state index in [0.717, 1.165) is 0 Å². The molecule has 0 aromatic heterocycles. The fourth-order valence-electron chi connectivity index (χ4n) is 0.286. The molecule has 3 nitrogen and oxygen atoms in total. The lowest BCUT2D eigenvalue weighted by molar-refractivity contribution is -0.125. The van der Waals surface area contributed by atoms with Gasteiger partial charge in [0.25, 0.3) is 0 Å². The average Bonchev–Trinajstić information content (AvgIpc) is 1.84. The van der Waals surface area contributed by atoms with Gasteiger partial charge in [-0.25, -0.2) is 0 Å². The van der Waals surface area contributed by atoms with Gasteiger partial charge >= 0.3 is 0 Å². The summed E-state index contributed by atoms with van der Waals surface area (Å²) in [6.45, 7) is 0. The average molecular weight is 133 g/mol. The van der Waals surface area contributed by atoms with Crippen molar-refractivity contribution in [1.82, 2.24) is 5.09 Å². The molecule has 0 bridgehead atoms. The first kappa shape index (κ1) is 8.08. The Morgan fingerprint density at radius 3 is 2.62 bits per heavy atom. The first-order chi connectivity index (χ1) is 3.72. The standard InChI is InChI=1S/C3H9BNO2P/c4-1-2(6)3(7)5-8/h3,5,7H,1,4,8H2. The molecule has 0 aliphatic rings. The highest BCUT2D eigenvalue weighted by Gasteiger charge is 2.07. The van der Waals surface area contributed by atoms with Crippen LogP contribution in [0.2, 0.25) is 6.32 Å². The van der Waals surface area contributed by atoms with Crippen LogP contribution in [0.1, 0.15) is 0 Å². The molecule has 0 fully saturated rings. The molecule has 0 rings (SSSR count). The second-order valence-corrected chi connectivity index (χ2v) is 1.72. The van der Waals surface area contributed by atoms with Crippen LogP contribution in [0.3, 0.4) is 0 Å². The van der Waals surface area contributed by atoms with E-state index in [2.05, 4.69) is 14.5 Å². The number of aliphatic hydroxyl groups is 1. The van der Waals surface area contributed by atoms with E-state index in [1.807, 2.05) is 0 Å². The van der Waals surface area contributed by atoms with Crippen LogP contribution in [0, 0.1) is 0 Å². The molecule has 2 N–H and O–H groups in total. The smallest absolute Gasteiger partial charge is 0.168 e. The molecule has 8 heavy (non-hydrogen) atoms. The molecule has 0 spiro atoms. The van der Waals surface area contributed by atoms with Gasteiger partial charge in [0, 0.05) is 0 Å². The van der Waals surface area contributed by atoms with Crippen molar-refractivity contribution >= 4 is 23.0 Å². The molecule has 0 heterocycles. The Morgan fingerprint density at radius 2 is 2.50 bits per heavy atom. The van der Waals surface area contributed by atoms with Crippen LogP contribution in [0.4, 0.5) is 0 Å². The van der Waals surface area contributed by atoms with Crippen LogP contribution in [-0.4, -0.2) is 25.0 Å². The normalized spacial score (nSPS) is 13.2. The van der Waals surface area contributed by atoms with Crippen LogP contribution in [0.15, 0.2) is 0 Å². The van der Waals surface area contributed by atoms with Crippen molar-refractivity contribution in [2.75, 3.05) is 0 Å². The van der Waals surface area contributed by atoms with E-state index in [0.29, 0.717) is 6.32 Å². The zero-order chi connectivity index (χ0) is 6.57. The van der Waals surface area contributed by atoms with Crippen molar-refractivity contribution in [2.45, 2.75) is 12.5 Å². The Bertz CT molecular complexity index is 89.4. The second kappa shape index (κ2) is 4.01. The van der Waals surface area contributed by atoms with E-state index in [1.165, 1.54) is 0 Å². The first-order valence-corrected chi connectivity index (χ1v) is 2.97. The van der Waals surface area contributed by atoms with E-state index < -0.39 is 6.23 Å². The Balaban J connectivity index is 3.46. The summed E-state index contributed by atoms with van der Waals surface area (Å²) in [5.41, 5.74) is 0. The molecule has 0 aromatic carbocycles. The van der Waals surface area contributed by atoms with Gasteiger partial charge in [0.15, 0.2) is 12.0 Å². The van der Waals surface area contributed by atoms with Crippen LogP contribution < -0.4 is 5.09 Å². The van der Waals surface area contributed by atoms with Crippen molar-refractivity contribution < 1.29 is 9.90 Å². The fraction of sp³-hybridized carbons (Fsp3) is 0.667. The number of hydrogen-bond acceptors (Lipinski definition) is 3. The maximum Gasteiger partial charge on any atom is 0.168 e. The molecule has 46 valence electrons. The van der Waals surface area contributed by atoms with Gasteiger partial charge < -0.3 is 5.11 Å². The highest BCUT2D eigenvalue weighted by Crippen LogP contribution is 1.86. The predicted octanol–water partition coefficient (Wildman–Crippen LogP) is -1.70. The number of rotatable bonds is 3. The highest BCUT2D eigenvalue weighted by molar-refractivity contribution is 7.13. The number of ketones is 1. The zero-order valence-electron chi connectivity index (χ0n) is 4.72. The minimum absolute atomic E-state index is 0.194. The summed E-state index contributed by atoms with van der Waals surface area (Å²) in [6.07, 6.45) is -0.646. The molecule has 0 saturated carbocycles. The number of carbonyl (C=O) groups is 1. The summed E-state index contributed by atoms with van der Waals surface area (Å²) < 4.78 is 0. The predicted molar refractivity (Wildman–Crippen MR) is 37.2 cm³/mol. The van der Waals surface area contributed by atoms with Crippen molar-refractivity contribution in [2.24, 2.45) is 0 Å². The van der Waals surface area contributed by atoms with Crippen LogP contribution in [0.5, 0.6) is 0 Å². The van der Waals surface area contributed by atoms with Gasteiger partial charge in [-0.3, -0.25) is 9.88 Å². The van der Waals surface area contributed by atoms with Gasteiger partial charge in [-0.2, -0.15) is 0 Å². The zero-order valence-corrected chi connectivity index (χ0v) is 5.87. The Labute approximate surface area is 51.5 Å². The fourth-order valence-corrected chi connectivity index (χ4v) is 0.472. The summed E-state index contributed by atoms with van der Waals surface area (Å²) in [4.78, 5) is 10.4. The van der Waals surface area contributed by atoms with Gasteiger partial charge in [0.1, 0.15) is 7.85 Å². The molecule has 0 saturated heterocycles. The molecule has 2 atom stereocenters. The van der Waals surface area contributed by atoms with Crippen molar-refractivity contribution in [3.8, 4) is 0 Å². The number of nitrogens with one attached hydrogen (secondary N) is 1. The number of carbonyl (C=O) groups excluding carboxylic acids is 1. The quantitative estimate of drug-likeness (QED) is 0.274. The third-order valence-electron chi connectivity index (χ3n) is 0.811. The maximum absolute atomic E-state index is 10.4. The molecule has 0 aromatic rings. The van der Waals surface area contributed by atoms with Crippen LogP contribution in [0.25, 0.3) is 0 Å². The summed E-state index contributed by atoms with van der Waals surface area (Å²) in [5, 5.41) is 11.0. The van der Waals surface area contributed by atoms with Crippen LogP contribution >= 0.6 is 9.39 Å². The molecule has 0 amide bonds. The molecule has 0 aliphatic carbocycles. The minimum atomic E-state index is -1.01. The van der Waals surface area contributed by atoms with Gasteiger partial charge in [-0.15, -0.1) is 0 Å². The van der Waals surface area contributed by atoms with E-state index in [9.17, 15) is 4.79 Å². The molecule has 0 aliphatic heterocycles. The number of aliphatic hydroxyl groups excluding tert-OH is 1. The third-order valence-corrected chi connectivity index (χ3v) is 1.13. The van der Waals surface area contributed by atoms with Crippen molar-refractivity contribution in [1.29, 1.82) is 0 Å². The largest absolute Gasteiger partial charge is 0.371 e. The van der Waals surface area contributed by atoms with Crippen molar-refractivity contribution in [3.63, 3.8) is 0 Å². The van der Waals surface area contributed by atoms with Crippen LogP contribution in [-0.2, 0) is 4.79 Å². The summed E-state index contributed by atoms with van der Waals surface area (Å²) in [7, 11) is 3.77. The van der Waals surface area contributed by atoms with E-state index >= 15 is 0 Å². The lowest BCUT2D eigenvalue weighted by Crippen LogP contribution is -2.29. The molecule has 0 radical (unpaired) electrons. The third kappa shape index (κ3) is 2.41. The van der Waals surface area contributed by atoms with E-state index in [-0.39, 0.29) is 5.78 Å². The van der Waals surface area contributed by atoms with Gasteiger partial charge in [-0.1, -0.05) is 9.39 Å². The first-order valence-electron chi connectivity index (χ1n) is 2.39. The minimum Gasteiger partial charge on any atom is -0.371 e. The van der Waals surface area contributed by atoms with Gasteiger partial charge in [0.2, 0.25) is 0 Å². The summed E-state index contributed by atoms with van der Waals surface area (Å²) in [5.74, 6) is -0.194. The second-order valence-electron chi connectivity index (χ2n) is 1.39. The lowest BCUT2D eigenvalue weighted by atomic mass is 10.0. The topological polar surface area (TPSA) is 49.3 Å². The molecule has 2 unspecified atom stereocenters. The lowest BCUT2D eigenvalue weighted by Gasteiger charge is -2.03. The summed E-state index contributed by atoms with van der Waals surface area (Å²) in [6, 6.07) is 0.